The lowest BCUT2D eigenvalue weighted by Crippen LogP contribution is -2.58. The molecule has 1 aliphatic heterocycles. The van der Waals surface area contributed by atoms with Crippen LogP contribution in [-0.4, -0.2) is 49.7 Å². The summed E-state index contributed by atoms with van der Waals surface area (Å²) in [6, 6.07) is 0.0672. The minimum Gasteiger partial charge on any atom is -0.383 e. The number of rotatable bonds is 5. The molecule has 0 aromatic carbocycles. The summed E-state index contributed by atoms with van der Waals surface area (Å²) in [5.74, 6) is 0.215. The fourth-order valence-corrected chi connectivity index (χ4v) is 2.81. The molecule has 0 aromatic heterocycles. The van der Waals surface area contributed by atoms with Crippen LogP contribution >= 0.6 is 0 Å². The minimum atomic E-state index is -0.0643. The third-order valence-corrected chi connectivity index (χ3v) is 3.94. The Kier molecular flexibility index (Phi) is 5.60. The SMILES string of the molecule is CCN(C(=O)C1NCCCC1(C)C)C(C)COC. The molecule has 1 heterocycles. The first-order valence-electron chi connectivity index (χ1n) is 6.96. The van der Waals surface area contributed by atoms with Crippen molar-refractivity contribution in [1.82, 2.24) is 10.2 Å². The Hall–Kier alpha value is -0.610. The lowest BCUT2D eigenvalue weighted by atomic mass is 9.77. The second-order valence-electron chi connectivity index (χ2n) is 5.91. The number of amides is 1. The first-order chi connectivity index (χ1) is 8.44. The molecule has 1 amide bonds. The van der Waals surface area contributed by atoms with Gasteiger partial charge in [-0.3, -0.25) is 4.79 Å². The van der Waals surface area contributed by atoms with E-state index in [2.05, 4.69) is 19.2 Å². The predicted molar refractivity (Wildman–Crippen MR) is 73.5 cm³/mol. The number of carbonyl (C=O) groups is 1. The van der Waals surface area contributed by atoms with Crippen molar-refractivity contribution in [1.29, 1.82) is 0 Å². The number of hydrogen-bond acceptors (Lipinski definition) is 3. The number of hydrogen-bond donors (Lipinski definition) is 1. The van der Waals surface area contributed by atoms with Crippen molar-refractivity contribution in [3.8, 4) is 0 Å². The summed E-state index contributed by atoms with van der Waals surface area (Å²) in [5.41, 5.74) is 0.0372. The van der Waals surface area contributed by atoms with E-state index in [4.69, 9.17) is 4.74 Å². The molecule has 18 heavy (non-hydrogen) atoms. The number of methoxy groups -OCH3 is 1. The highest BCUT2D eigenvalue weighted by Gasteiger charge is 2.39. The van der Waals surface area contributed by atoms with Crippen LogP contribution in [0.1, 0.15) is 40.5 Å². The highest BCUT2D eigenvalue weighted by Crippen LogP contribution is 2.31. The van der Waals surface area contributed by atoms with E-state index in [0.29, 0.717) is 6.61 Å². The quantitative estimate of drug-likeness (QED) is 0.813. The third-order valence-electron chi connectivity index (χ3n) is 3.94. The molecule has 4 heteroatoms. The summed E-state index contributed by atoms with van der Waals surface area (Å²) < 4.78 is 5.16. The molecule has 106 valence electrons. The van der Waals surface area contributed by atoms with Crippen LogP contribution in [0.25, 0.3) is 0 Å². The molecule has 0 radical (unpaired) electrons. The van der Waals surface area contributed by atoms with E-state index in [1.54, 1.807) is 7.11 Å². The fraction of sp³-hybridized carbons (Fsp3) is 0.929. The van der Waals surface area contributed by atoms with Gasteiger partial charge in [0.15, 0.2) is 0 Å². The monoisotopic (exact) mass is 256 g/mol. The Morgan fingerprint density at radius 3 is 2.72 bits per heavy atom. The molecule has 0 aliphatic carbocycles. The summed E-state index contributed by atoms with van der Waals surface area (Å²) >= 11 is 0. The number of carbonyl (C=O) groups excluding carboxylic acids is 1. The van der Waals surface area contributed by atoms with Crippen molar-refractivity contribution in [2.75, 3.05) is 26.8 Å². The smallest absolute Gasteiger partial charge is 0.240 e. The van der Waals surface area contributed by atoms with Crippen LogP contribution in [0, 0.1) is 5.41 Å². The number of nitrogens with one attached hydrogen (secondary N) is 1. The molecule has 4 nitrogen and oxygen atoms in total. The molecule has 1 rings (SSSR count). The van der Waals surface area contributed by atoms with E-state index in [1.807, 2.05) is 18.7 Å². The normalized spacial score (nSPS) is 24.6. The van der Waals surface area contributed by atoms with Crippen LogP contribution in [0.3, 0.4) is 0 Å². The van der Waals surface area contributed by atoms with E-state index in [1.165, 1.54) is 0 Å². The molecule has 2 unspecified atom stereocenters. The van der Waals surface area contributed by atoms with Crippen LogP contribution in [0.2, 0.25) is 0 Å². The van der Waals surface area contributed by atoms with Gasteiger partial charge in [-0.05, 0) is 38.6 Å². The first kappa shape index (κ1) is 15.4. The number of nitrogens with zero attached hydrogens (tertiary/aromatic N) is 1. The molecule has 1 aliphatic rings. The lowest BCUT2D eigenvalue weighted by molar-refractivity contribution is -0.140. The van der Waals surface area contributed by atoms with E-state index >= 15 is 0 Å². The molecule has 0 bridgehead atoms. The average molecular weight is 256 g/mol. The molecule has 0 aromatic rings. The zero-order valence-corrected chi connectivity index (χ0v) is 12.5. The van der Waals surface area contributed by atoms with Gasteiger partial charge >= 0.3 is 0 Å². The highest BCUT2D eigenvalue weighted by molar-refractivity contribution is 5.83. The van der Waals surface area contributed by atoms with Gasteiger partial charge < -0.3 is 15.0 Å². The Morgan fingerprint density at radius 2 is 2.22 bits per heavy atom. The van der Waals surface area contributed by atoms with Gasteiger partial charge in [0.1, 0.15) is 0 Å². The van der Waals surface area contributed by atoms with Crippen molar-refractivity contribution in [3.05, 3.63) is 0 Å². The van der Waals surface area contributed by atoms with E-state index in [0.717, 1.165) is 25.9 Å². The van der Waals surface area contributed by atoms with Gasteiger partial charge in [0.25, 0.3) is 0 Å². The predicted octanol–water partition coefficient (Wildman–Crippen LogP) is 1.65. The summed E-state index contributed by atoms with van der Waals surface area (Å²) in [6.07, 6.45) is 2.25. The fourth-order valence-electron chi connectivity index (χ4n) is 2.81. The standard InChI is InChI=1S/C14H28N2O2/c1-6-16(11(2)10-18-5)13(17)12-14(3,4)8-7-9-15-12/h11-12,15H,6-10H2,1-5H3. The zero-order chi connectivity index (χ0) is 13.8. The van der Waals surface area contributed by atoms with Gasteiger partial charge in [-0.2, -0.15) is 0 Å². The zero-order valence-electron chi connectivity index (χ0n) is 12.5. The molecular formula is C14H28N2O2. The molecule has 2 atom stereocenters. The number of likely N-dealkylation sites (N-methyl/N-ethyl adjacent to an activating group) is 1. The summed E-state index contributed by atoms with van der Waals surface area (Å²) in [7, 11) is 1.68. The first-order valence-corrected chi connectivity index (χ1v) is 6.96. The van der Waals surface area contributed by atoms with Gasteiger partial charge in [0.2, 0.25) is 5.91 Å². The molecule has 0 spiro atoms. The summed E-state index contributed by atoms with van der Waals surface area (Å²) in [6.45, 7) is 10.7. The molecular weight excluding hydrogens is 228 g/mol. The summed E-state index contributed by atoms with van der Waals surface area (Å²) in [5, 5.41) is 3.39. The van der Waals surface area contributed by atoms with Crippen molar-refractivity contribution in [3.63, 3.8) is 0 Å². The van der Waals surface area contributed by atoms with Crippen LogP contribution in [0.5, 0.6) is 0 Å². The second-order valence-corrected chi connectivity index (χ2v) is 5.91. The Bertz CT molecular complexity index is 279. The van der Waals surface area contributed by atoms with Gasteiger partial charge in [0, 0.05) is 13.7 Å². The Labute approximate surface area is 111 Å². The average Bonchev–Trinajstić information content (AvgIpc) is 2.29. The van der Waals surface area contributed by atoms with Crippen LogP contribution in [0.4, 0.5) is 0 Å². The Balaban J connectivity index is 2.76. The van der Waals surface area contributed by atoms with Gasteiger partial charge in [-0.25, -0.2) is 0 Å². The van der Waals surface area contributed by atoms with Crippen molar-refractivity contribution in [2.45, 2.75) is 52.6 Å². The highest BCUT2D eigenvalue weighted by atomic mass is 16.5. The molecule has 1 N–H and O–H groups in total. The lowest BCUT2D eigenvalue weighted by Gasteiger charge is -2.42. The van der Waals surface area contributed by atoms with Crippen molar-refractivity contribution >= 4 is 5.91 Å². The minimum absolute atomic E-state index is 0.0372. The van der Waals surface area contributed by atoms with Gasteiger partial charge in [0.05, 0.1) is 18.7 Å². The van der Waals surface area contributed by atoms with E-state index in [-0.39, 0.29) is 23.4 Å². The summed E-state index contributed by atoms with van der Waals surface area (Å²) in [4.78, 5) is 14.6. The van der Waals surface area contributed by atoms with Crippen LogP contribution in [0.15, 0.2) is 0 Å². The topological polar surface area (TPSA) is 41.6 Å². The number of ether oxygens (including phenoxy) is 1. The maximum atomic E-state index is 12.7. The van der Waals surface area contributed by atoms with Crippen molar-refractivity contribution in [2.24, 2.45) is 5.41 Å². The van der Waals surface area contributed by atoms with Crippen molar-refractivity contribution < 1.29 is 9.53 Å². The second kappa shape index (κ2) is 6.53. The number of piperidine rings is 1. The van der Waals surface area contributed by atoms with Gasteiger partial charge in [-0.1, -0.05) is 13.8 Å². The Morgan fingerprint density at radius 1 is 1.56 bits per heavy atom. The molecule has 1 fully saturated rings. The van der Waals surface area contributed by atoms with Crippen LogP contribution in [-0.2, 0) is 9.53 Å². The van der Waals surface area contributed by atoms with Crippen LogP contribution < -0.4 is 5.32 Å². The maximum absolute atomic E-state index is 12.7. The van der Waals surface area contributed by atoms with E-state index < -0.39 is 0 Å². The van der Waals surface area contributed by atoms with Gasteiger partial charge in [-0.15, -0.1) is 0 Å². The maximum Gasteiger partial charge on any atom is 0.240 e. The molecule has 0 saturated carbocycles. The molecule has 1 saturated heterocycles. The third kappa shape index (κ3) is 3.45. The van der Waals surface area contributed by atoms with E-state index in [9.17, 15) is 4.79 Å². The largest absolute Gasteiger partial charge is 0.383 e.